The number of rotatable bonds is 7. The van der Waals surface area contributed by atoms with Crippen LogP contribution in [0, 0.1) is 0 Å². The van der Waals surface area contributed by atoms with Gasteiger partial charge in [0.25, 0.3) is 5.91 Å². The first-order valence-electron chi connectivity index (χ1n) is 8.85. The predicted molar refractivity (Wildman–Crippen MR) is 113 cm³/mol. The van der Waals surface area contributed by atoms with Crippen LogP contribution >= 0.6 is 11.3 Å². The molecule has 0 aliphatic heterocycles. The van der Waals surface area contributed by atoms with Gasteiger partial charge in [0.15, 0.2) is 5.13 Å². The molecule has 1 aromatic heterocycles. The van der Waals surface area contributed by atoms with Gasteiger partial charge in [0.2, 0.25) is 5.91 Å². The van der Waals surface area contributed by atoms with Gasteiger partial charge in [-0.25, -0.2) is 4.98 Å². The Morgan fingerprint density at radius 1 is 1.14 bits per heavy atom. The van der Waals surface area contributed by atoms with E-state index < -0.39 is 0 Å². The minimum Gasteiger partial charge on any atom is -0.352 e. The molecular formula is C22H21N3O2S. The highest BCUT2D eigenvalue weighted by molar-refractivity contribution is 7.14. The zero-order chi connectivity index (χ0) is 19.9. The molecule has 0 saturated heterocycles. The molecule has 28 heavy (non-hydrogen) atoms. The zero-order valence-corrected chi connectivity index (χ0v) is 16.4. The summed E-state index contributed by atoms with van der Waals surface area (Å²) in [4.78, 5) is 30.3. The van der Waals surface area contributed by atoms with Crippen molar-refractivity contribution >= 4 is 28.3 Å². The van der Waals surface area contributed by atoms with E-state index in [9.17, 15) is 9.59 Å². The average Bonchev–Trinajstić information content (AvgIpc) is 3.21. The van der Waals surface area contributed by atoms with E-state index in [0.29, 0.717) is 23.8 Å². The van der Waals surface area contributed by atoms with Crippen molar-refractivity contribution < 1.29 is 9.59 Å². The fraction of sp³-hybridized carbons (Fsp3) is 0.136. The maximum atomic E-state index is 13.0. The van der Waals surface area contributed by atoms with Gasteiger partial charge < -0.3 is 5.32 Å². The van der Waals surface area contributed by atoms with E-state index in [1.165, 1.54) is 18.3 Å². The largest absolute Gasteiger partial charge is 0.352 e. The maximum absolute atomic E-state index is 13.0. The lowest BCUT2D eigenvalue weighted by Crippen LogP contribution is -2.31. The number of hydrogen-bond acceptors (Lipinski definition) is 4. The summed E-state index contributed by atoms with van der Waals surface area (Å²) < 4.78 is 0. The van der Waals surface area contributed by atoms with Crippen molar-refractivity contribution in [2.75, 3.05) is 11.4 Å². The second kappa shape index (κ2) is 9.10. The van der Waals surface area contributed by atoms with Crippen LogP contribution < -0.4 is 10.2 Å². The molecular weight excluding hydrogens is 370 g/mol. The minimum absolute atomic E-state index is 0.0877. The van der Waals surface area contributed by atoms with Crippen molar-refractivity contribution in [3.05, 3.63) is 83.8 Å². The third-order valence-corrected chi connectivity index (χ3v) is 4.96. The Balaban J connectivity index is 1.80. The van der Waals surface area contributed by atoms with Crippen molar-refractivity contribution in [3.8, 4) is 11.3 Å². The van der Waals surface area contributed by atoms with Gasteiger partial charge in [-0.05, 0) is 17.7 Å². The molecule has 0 aliphatic rings. The normalized spacial score (nSPS) is 10.3. The van der Waals surface area contributed by atoms with E-state index in [2.05, 4.69) is 16.9 Å². The number of hydrogen-bond donors (Lipinski definition) is 1. The predicted octanol–water partition coefficient (Wildman–Crippen LogP) is 4.28. The van der Waals surface area contributed by atoms with Gasteiger partial charge in [0.1, 0.15) is 0 Å². The second-order valence-electron chi connectivity index (χ2n) is 6.19. The summed E-state index contributed by atoms with van der Waals surface area (Å²) in [6.07, 6.45) is 1.69. The molecule has 0 aliphatic carbocycles. The lowest BCUT2D eigenvalue weighted by atomic mass is 10.1. The first-order valence-corrected chi connectivity index (χ1v) is 9.73. The van der Waals surface area contributed by atoms with Crippen LogP contribution in [0.15, 0.2) is 72.6 Å². The molecule has 0 saturated carbocycles. The molecule has 0 radical (unpaired) electrons. The molecule has 6 heteroatoms. The molecule has 0 atom stereocenters. The summed E-state index contributed by atoms with van der Waals surface area (Å²) in [6.45, 7) is 6.05. The number of carbonyl (C=O) groups excluding carboxylic acids is 2. The van der Waals surface area contributed by atoms with Crippen molar-refractivity contribution in [2.45, 2.75) is 13.5 Å². The van der Waals surface area contributed by atoms with Crippen LogP contribution in [0.1, 0.15) is 22.8 Å². The van der Waals surface area contributed by atoms with Crippen molar-refractivity contribution in [3.63, 3.8) is 0 Å². The third kappa shape index (κ3) is 4.72. The molecule has 3 rings (SSSR count). The highest BCUT2D eigenvalue weighted by atomic mass is 32.1. The van der Waals surface area contributed by atoms with Gasteiger partial charge in [-0.1, -0.05) is 48.5 Å². The fourth-order valence-electron chi connectivity index (χ4n) is 2.65. The van der Waals surface area contributed by atoms with Crippen LogP contribution in [0.5, 0.6) is 0 Å². The van der Waals surface area contributed by atoms with E-state index in [1.54, 1.807) is 23.1 Å². The summed E-state index contributed by atoms with van der Waals surface area (Å²) in [5.41, 5.74) is 3.35. The van der Waals surface area contributed by atoms with Gasteiger partial charge in [-0.2, -0.15) is 0 Å². The Morgan fingerprint density at radius 3 is 2.50 bits per heavy atom. The summed E-state index contributed by atoms with van der Waals surface area (Å²) >= 11 is 1.43. The Labute approximate surface area is 168 Å². The number of amides is 2. The van der Waals surface area contributed by atoms with Crippen LogP contribution in [0.25, 0.3) is 11.3 Å². The van der Waals surface area contributed by atoms with E-state index in [4.69, 9.17) is 0 Å². The Bertz CT molecular complexity index is 965. The molecule has 1 heterocycles. The van der Waals surface area contributed by atoms with Crippen LogP contribution in [0.3, 0.4) is 0 Å². The first kappa shape index (κ1) is 19.5. The smallest absolute Gasteiger partial charge is 0.260 e. The lowest BCUT2D eigenvalue weighted by molar-refractivity contribution is -0.119. The topological polar surface area (TPSA) is 62.3 Å². The van der Waals surface area contributed by atoms with E-state index in [1.807, 2.05) is 47.8 Å². The van der Waals surface area contributed by atoms with E-state index in [0.717, 1.165) is 16.8 Å². The molecule has 0 spiro atoms. The molecule has 0 bridgehead atoms. The van der Waals surface area contributed by atoms with Gasteiger partial charge in [0, 0.05) is 36.5 Å². The molecule has 3 aromatic rings. The maximum Gasteiger partial charge on any atom is 0.260 e. The van der Waals surface area contributed by atoms with Gasteiger partial charge >= 0.3 is 0 Å². The van der Waals surface area contributed by atoms with Gasteiger partial charge in [-0.3, -0.25) is 14.5 Å². The van der Waals surface area contributed by atoms with E-state index in [-0.39, 0.29) is 11.8 Å². The Hall–Kier alpha value is -3.25. The van der Waals surface area contributed by atoms with Crippen molar-refractivity contribution in [1.29, 1.82) is 0 Å². The third-order valence-electron chi connectivity index (χ3n) is 4.09. The first-order chi connectivity index (χ1) is 13.6. The number of nitrogens with one attached hydrogen (secondary N) is 1. The number of nitrogens with zero attached hydrogens (tertiary/aromatic N) is 2. The summed E-state index contributed by atoms with van der Waals surface area (Å²) in [7, 11) is 0. The van der Waals surface area contributed by atoms with Crippen molar-refractivity contribution in [2.24, 2.45) is 0 Å². The number of thiazole rings is 1. The number of aromatic nitrogens is 1. The quantitative estimate of drug-likeness (QED) is 0.612. The minimum atomic E-state index is -0.139. The second-order valence-corrected chi connectivity index (χ2v) is 7.03. The van der Waals surface area contributed by atoms with E-state index >= 15 is 0 Å². The number of anilines is 1. The Kier molecular flexibility index (Phi) is 6.34. The molecule has 1 N–H and O–H groups in total. The average molecular weight is 391 g/mol. The number of benzene rings is 2. The lowest BCUT2D eigenvalue weighted by Gasteiger charge is -2.18. The highest BCUT2D eigenvalue weighted by Crippen LogP contribution is 2.28. The van der Waals surface area contributed by atoms with Gasteiger partial charge in [0.05, 0.1) is 5.69 Å². The van der Waals surface area contributed by atoms with Crippen LogP contribution in [0.2, 0.25) is 0 Å². The summed E-state index contributed by atoms with van der Waals surface area (Å²) in [5, 5.41) is 5.32. The van der Waals surface area contributed by atoms with Crippen LogP contribution in [-0.4, -0.2) is 23.3 Å². The zero-order valence-electron chi connectivity index (χ0n) is 15.6. The van der Waals surface area contributed by atoms with Crippen molar-refractivity contribution in [1.82, 2.24) is 10.3 Å². The summed E-state index contributed by atoms with van der Waals surface area (Å²) in [5.74, 6) is -0.227. The highest BCUT2D eigenvalue weighted by Gasteiger charge is 2.20. The standard InChI is InChI=1S/C22H21N3O2S/c1-3-13-25(22-24-20(15-28-22)18-7-5-4-6-8-18)21(27)19-11-9-17(10-12-19)14-23-16(2)26/h3-12,15H,1,13-14H2,2H3,(H,23,26). The molecule has 2 aromatic carbocycles. The van der Waals surface area contributed by atoms with Crippen LogP contribution in [-0.2, 0) is 11.3 Å². The molecule has 0 unspecified atom stereocenters. The molecule has 0 fully saturated rings. The monoisotopic (exact) mass is 391 g/mol. The molecule has 5 nitrogen and oxygen atoms in total. The summed E-state index contributed by atoms with van der Waals surface area (Å²) in [6, 6.07) is 17.1. The molecule has 142 valence electrons. The number of carbonyl (C=O) groups is 2. The van der Waals surface area contributed by atoms with Gasteiger partial charge in [-0.15, -0.1) is 17.9 Å². The fourth-order valence-corrected chi connectivity index (χ4v) is 3.50. The Morgan fingerprint density at radius 2 is 1.86 bits per heavy atom. The molecule has 2 amide bonds. The van der Waals surface area contributed by atoms with Crippen LogP contribution in [0.4, 0.5) is 5.13 Å². The SMILES string of the molecule is C=CCN(C(=O)c1ccc(CNC(C)=O)cc1)c1nc(-c2ccccc2)cs1.